The molecule has 0 radical (unpaired) electrons. The van der Waals surface area contributed by atoms with Gasteiger partial charge < -0.3 is 5.11 Å². The second kappa shape index (κ2) is 5.44. The number of aliphatic hydroxyl groups is 1. The van der Waals surface area contributed by atoms with Gasteiger partial charge in [0.2, 0.25) is 0 Å². The van der Waals surface area contributed by atoms with E-state index in [-0.39, 0.29) is 0 Å². The third-order valence-corrected chi connectivity index (χ3v) is 8.74. The highest BCUT2D eigenvalue weighted by Gasteiger charge is 2.60. The van der Waals surface area contributed by atoms with E-state index in [4.69, 9.17) is 0 Å². The molecule has 0 spiro atoms. The van der Waals surface area contributed by atoms with Gasteiger partial charge in [-0.15, -0.1) is 0 Å². The molecule has 2 heteroatoms. The molecule has 4 rings (SSSR count). The van der Waals surface area contributed by atoms with Crippen molar-refractivity contribution in [2.24, 2.45) is 34.5 Å². The van der Waals surface area contributed by atoms with Crippen molar-refractivity contribution in [3.8, 4) is 0 Å². The van der Waals surface area contributed by atoms with Gasteiger partial charge >= 0.3 is 0 Å². The summed E-state index contributed by atoms with van der Waals surface area (Å²) in [4.78, 5) is 11.8. The average molecular weight is 316 g/mol. The lowest BCUT2D eigenvalue weighted by Gasteiger charge is -2.56. The molecule has 3 fully saturated rings. The molecule has 23 heavy (non-hydrogen) atoms. The van der Waals surface area contributed by atoms with Crippen LogP contribution in [0.2, 0.25) is 0 Å². The monoisotopic (exact) mass is 316 g/mol. The minimum absolute atomic E-state index is 0.329. The van der Waals surface area contributed by atoms with E-state index >= 15 is 0 Å². The molecule has 0 saturated heterocycles. The lowest BCUT2D eigenvalue weighted by atomic mass is 9.48. The van der Waals surface area contributed by atoms with Crippen molar-refractivity contribution >= 4 is 5.78 Å². The number of hydrogen-bond donors (Lipinski definition) is 1. The molecule has 4 aliphatic rings. The van der Waals surface area contributed by atoms with Crippen LogP contribution in [-0.4, -0.2) is 17.5 Å². The summed E-state index contributed by atoms with van der Waals surface area (Å²) in [5.41, 5.74) is 2.24. The molecule has 5 unspecified atom stereocenters. The zero-order valence-electron chi connectivity index (χ0n) is 14.8. The van der Waals surface area contributed by atoms with Gasteiger partial charge in [-0.05, 0) is 91.9 Å². The molecular weight excluding hydrogens is 284 g/mol. The van der Waals surface area contributed by atoms with Crippen LogP contribution in [0.25, 0.3) is 0 Å². The average Bonchev–Trinajstić information content (AvgIpc) is 2.79. The summed E-state index contributed by atoms with van der Waals surface area (Å²) in [5, 5.41) is 9.57. The summed E-state index contributed by atoms with van der Waals surface area (Å²) in [6.07, 6.45) is 12.7. The third-order valence-electron chi connectivity index (χ3n) is 8.74. The fourth-order valence-electron chi connectivity index (χ4n) is 7.20. The number of carbonyl (C=O) groups excluding carboxylic acids is 1. The number of rotatable bonds is 2. The molecule has 128 valence electrons. The van der Waals surface area contributed by atoms with Crippen molar-refractivity contribution in [2.45, 2.75) is 71.6 Å². The van der Waals surface area contributed by atoms with E-state index in [1.54, 1.807) is 0 Å². The topological polar surface area (TPSA) is 37.3 Å². The van der Waals surface area contributed by atoms with Gasteiger partial charge in [0.05, 0.1) is 0 Å². The molecule has 0 bridgehead atoms. The Morgan fingerprint density at radius 3 is 2.70 bits per heavy atom. The van der Waals surface area contributed by atoms with Crippen LogP contribution in [0.5, 0.6) is 0 Å². The Bertz CT molecular complexity index is 536. The molecule has 1 N–H and O–H groups in total. The lowest BCUT2D eigenvalue weighted by molar-refractivity contribution is -0.116. The van der Waals surface area contributed by atoms with Crippen molar-refractivity contribution in [1.82, 2.24) is 0 Å². The minimum Gasteiger partial charge on any atom is -0.396 e. The molecular formula is C21H32O2. The van der Waals surface area contributed by atoms with E-state index in [0.717, 1.165) is 37.0 Å². The van der Waals surface area contributed by atoms with Crippen molar-refractivity contribution in [3.05, 3.63) is 11.6 Å². The molecule has 0 aromatic carbocycles. The van der Waals surface area contributed by atoms with E-state index in [9.17, 15) is 9.90 Å². The first-order chi connectivity index (χ1) is 11.0. The van der Waals surface area contributed by atoms with Gasteiger partial charge in [0.1, 0.15) is 0 Å². The van der Waals surface area contributed by atoms with Gasteiger partial charge in [0, 0.05) is 13.0 Å². The van der Waals surface area contributed by atoms with Gasteiger partial charge in [-0.25, -0.2) is 0 Å². The van der Waals surface area contributed by atoms with Crippen molar-refractivity contribution < 1.29 is 9.90 Å². The van der Waals surface area contributed by atoms with E-state index in [0.29, 0.717) is 29.1 Å². The van der Waals surface area contributed by atoms with Crippen LogP contribution < -0.4 is 0 Å². The highest BCUT2D eigenvalue weighted by molar-refractivity contribution is 5.91. The Balaban J connectivity index is 1.61. The van der Waals surface area contributed by atoms with Crippen molar-refractivity contribution in [1.29, 1.82) is 0 Å². The molecule has 4 aliphatic carbocycles. The summed E-state index contributed by atoms with van der Waals surface area (Å²) in [6, 6.07) is 0. The molecule has 3 saturated carbocycles. The fourth-order valence-corrected chi connectivity index (χ4v) is 7.20. The standard InChI is InChI=1S/C21H32O2/c1-20(11-12-22)9-8-19-18-5-3-14-13-15(23)4-6-16(14)17(18)7-10-21(19,20)2/h13,16-19,22H,3-12H2,1-2H3/t16?,17?,18?,19?,20-,21?/m1/s1. The molecule has 2 nitrogen and oxygen atoms in total. The lowest BCUT2D eigenvalue weighted by Crippen LogP contribution is -2.49. The first-order valence-electron chi connectivity index (χ1n) is 9.83. The molecule has 0 heterocycles. The molecule has 0 aromatic rings. The summed E-state index contributed by atoms with van der Waals surface area (Å²) in [6.45, 7) is 5.31. The Hall–Kier alpha value is -0.630. The van der Waals surface area contributed by atoms with Crippen molar-refractivity contribution in [3.63, 3.8) is 0 Å². The second-order valence-corrected chi connectivity index (χ2v) is 9.33. The maximum absolute atomic E-state index is 11.8. The maximum atomic E-state index is 11.8. The van der Waals surface area contributed by atoms with Crippen LogP contribution in [-0.2, 0) is 4.79 Å². The Morgan fingerprint density at radius 1 is 1.09 bits per heavy atom. The van der Waals surface area contributed by atoms with E-state index in [1.807, 2.05) is 6.08 Å². The second-order valence-electron chi connectivity index (χ2n) is 9.33. The summed E-state index contributed by atoms with van der Waals surface area (Å²) >= 11 is 0. The number of ketones is 1. The van der Waals surface area contributed by atoms with Crippen LogP contribution >= 0.6 is 0 Å². The first kappa shape index (κ1) is 15.9. The predicted octanol–water partition coefficient (Wildman–Crippen LogP) is 4.52. The Labute approximate surface area is 140 Å². The Kier molecular flexibility index (Phi) is 3.75. The summed E-state index contributed by atoms with van der Waals surface area (Å²) in [5.74, 6) is 3.62. The number of carbonyl (C=O) groups is 1. The van der Waals surface area contributed by atoms with Crippen LogP contribution in [0.4, 0.5) is 0 Å². The van der Waals surface area contributed by atoms with E-state index in [1.165, 1.54) is 44.1 Å². The maximum Gasteiger partial charge on any atom is 0.155 e. The Morgan fingerprint density at radius 2 is 1.91 bits per heavy atom. The van der Waals surface area contributed by atoms with Gasteiger partial charge in [-0.3, -0.25) is 4.79 Å². The minimum atomic E-state index is 0.329. The molecule has 0 aliphatic heterocycles. The highest BCUT2D eigenvalue weighted by Crippen LogP contribution is 2.68. The van der Waals surface area contributed by atoms with Crippen molar-refractivity contribution in [2.75, 3.05) is 6.61 Å². The first-order valence-corrected chi connectivity index (χ1v) is 9.83. The molecule has 6 atom stereocenters. The zero-order valence-corrected chi connectivity index (χ0v) is 14.8. The van der Waals surface area contributed by atoms with E-state index < -0.39 is 0 Å². The molecule has 0 amide bonds. The molecule has 0 aromatic heterocycles. The summed E-state index contributed by atoms with van der Waals surface area (Å²) < 4.78 is 0. The number of aliphatic hydroxyl groups excluding tert-OH is 1. The smallest absolute Gasteiger partial charge is 0.155 e. The van der Waals surface area contributed by atoms with Crippen LogP contribution in [0.15, 0.2) is 11.6 Å². The predicted molar refractivity (Wildman–Crippen MR) is 91.9 cm³/mol. The number of allylic oxidation sites excluding steroid dienone is 1. The van der Waals surface area contributed by atoms with E-state index in [2.05, 4.69) is 13.8 Å². The third kappa shape index (κ3) is 2.20. The van der Waals surface area contributed by atoms with Gasteiger partial charge in [-0.2, -0.15) is 0 Å². The zero-order chi connectivity index (χ0) is 16.2. The van der Waals surface area contributed by atoms with Crippen LogP contribution in [0.3, 0.4) is 0 Å². The normalized spacial score (nSPS) is 49.2. The van der Waals surface area contributed by atoms with Gasteiger partial charge in [0.25, 0.3) is 0 Å². The highest BCUT2D eigenvalue weighted by atomic mass is 16.3. The van der Waals surface area contributed by atoms with Gasteiger partial charge in [-0.1, -0.05) is 19.4 Å². The van der Waals surface area contributed by atoms with Crippen LogP contribution in [0, 0.1) is 34.5 Å². The van der Waals surface area contributed by atoms with Gasteiger partial charge in [0.15, 0.2) is 5.78 Å². The summed E-state index contributed by atoms with van der Waals surface area (Å²) in [7, 11) is 0. The quantitative estimate of drug-likeness (QED) is 0.813. The van der Waals surface area contributed by atoms with Crippen LogP contribution in [0.1, 0.15) is 71.6 Å². The largest absolute Gasteiger partial charge is 0.396 e. The SMILES string of the molecule is CC12CCC3C4CCC(=O)C=C4CCC3C1CC[C@]2(C)CCO. The number of fused-ring (bicyclic) bond motifs is 5. The number of hydrogen-bond acceptors (Lipinski definition) is 2. The fraction of sp³-hybridized carbons (Fsp3) is 0.857.